The summed E-state index contributed by atoms with van der Waals surface area (Å²) in [7, 11) is 0.850. The Kier molecular flexibility index (Phi) is 8.12. The zero-order chi connectivity index (χ0) is 19.9. The molecule has 0 radical (unpaired) electrons. The molecular formula is C18H28O8Si. The van der Waals surface area contributed by atoms with Crippen molar-refractivity contribution in [2.45, 2.75) is 63.5 Å². The van der Waals surface area contributed by atoms with Crippen LogP contribution in [-0.2, 0) is 37.5 Å². The second kappa shape index (κ2) is 10.1. The smallest absolute Gasteiger partial charge is 0.337 e. The highest BCUT2D eigenvalue weighted by Gasteiger charge is 2.37. The van der Waals surface area contributed by atoms with Gasteiger partial charge in [0.2, 0.25) is 0 Å². The lowest BCUT2D eigenvalue weighted by atomic mass is 9.96. The van der Waals surface area contributed by atoms with Crippen molar-refractivity contribution in [2.75, 3.05) is 14.2 Å². The first-order valence-electron chi connectivity index (χ1n) is 9.48. The van der Waals surface area contributed by atoms with E-state index in [1.165, 1.54) is 0 Å². The van der Waals surface area contributed by atoms with E-state index in [-0.39, 0.29) is 24.7 Å². The second-order valence-corrected chi connectivity index (χ2v) is 10.8. The number of hydrogen-bond donors (Lipinski definition) is 0. The SMILES string of the molecule is CO[Si](CCCC1CCC(=O)OC1=O)(CCCC1CCC(=O)OC1=O)OC. The number of carbonyl (C=O) groups excluding carboxylic acids is 4. The molecule has 2 unspecified atom stereocenters. The Morgan fingerprint density at radius 2 is 1.22 bits per heavy atom. The second-order valence-electron chi connectivity index (χ2n) is 7.16. The summed E-state index contributed by atoms with van der Waals surface area (Å²) in [5.74, 6) is -2.24. The molecule has 0 saturated carbocycles. The summed E-state index contributed by atoms with van der Waals surface area (Å²) in [4.78, 5) is 45.7. The molecule has 2 heterocycles. The van der Waals surface area contributed by atoms with Crippen molar-refractivity contribution >= 4 is 32.4 Å². The van der Waals surface area contributed by atoms with Crippen molar-refractivity contribution in [1.29, 1.82) is 0 Å². The molecule has 9 heteroatoms. The molecule has 152 valence electrons. The van der Waals surface area contributed by atoms with Crippen molar-refractivity contribution in [3.63, 3.8) is 0 Å². The Morgan fingerprint density at radius 1 is 0.815 bits per heavy atom. The lowest BCUT2D eigenvalue weighted by Crippen LogP contribution is -2.40. The van der Waals surface area contributed by atoms with Gasteiger partial charge in [-0.2, -0.15) is 0 Å². The Labute approximate surface area is 160 Å². The fraction of sp³-hybridized carbons (Fsp3) is 0.778. The van der Waals surface area contributed by atoms with Gasteiger partial charge in [-0.05, 0) is 37.8 Å². The molecule has 2 atom stereocenters. The highest BCUT2D eigenvalue weighted by Crippen LogP contribution is 2.29. The third-order valence-electron chi connectivity index (χ3n) is 5.45. The molecule has 27 heavy (non-hydrogen) atoms. The molecule has 2 rings (SSSR count). The normalized spacial score (nSPS) is 23.9. The zero-order valence-corrected chi connectivity index (χ0v) is 17.0. The van der Waals surface area contributed by atoms with Crippen LogP contribution in [0.2, 0.25) is 12.1 Å². The summed E-state index contributed by atoms with van der Waals surface area (Å²) < 4.78 is 20.8. The molecular weight excluding hydrogens is 372 g/mol. The molecule has 0 spiro atoms. The van der Waals surface area contributed by atoms with Gasteiger partial charge in [0.1, 0.15) is 0 Å². The summed E-state index contributed by atoms with van der Waals surface area (Å²) in [6, 6.07) is 1.46. The van der Waals surface area contributed by atoms with E-state index in [2.05, 4.69) is 9.47 Å². The predicted octanol–water partition coefficient (Wildman–Crippen LogP) is 2.24. The number of hydrogen-bond acceptors (Lipinski definition) is 8. The van der Waals surface area contributed by atoms with E-state index in [4.69, 9.17) is 8.85 Å². The van der Waals surface area contributed by atoms with Gasteiger partial charge in [-0.15, -0.1) is 0 Å². The number of rotatable bonds is 10. The van der Waals surface area contributed by atoms with Gasteiger partial charge in [0.25, 0.3) is 0 Å². The maximum absolute atomic E-state index is 11.7. The average molecular weight is 401 g/mol. The molecule has 0 amide bonds. The summed E-state index contributed by atoms with van der Waals surface area (Å²) in [6.45, 7) is 0. The van der Waals surface area contributed by atoms with E-state index >= 15 is 0 Å². The van der Waals surface area contributed by atoms with Gasteiger partial charge < -0.3 is 18.3 Å². The van der Waals surface area contributed by atoms with Crippen molar-refractivity contribution in [3.05, 3.63) is 0 Å². The molecule has 2 aliphatic rings. The largest absolute Gasteiger partial charge is 0.398 e. The molecule has 0 aromatic rings. The van der Waals surface area contributed by atoms with Crippen LogP contribution in [0.4, 0.5) is 0 Å². The summed E-state index contributed by atoms with van der Waals surface area (Å²) >= 11 is 0. The molecule has 0 N–H and O–H groups in total. The number of ether oxygens (including phenoxy) is 2. The number of carbonyl (C=O) groups is 4. The maximum atomic E-state index is 11.7. The van der Waals surface area contributed by atoms with Gasteiger partial charge in [0.15, 0.2) is 0 Å². The monoisotopic (exact) mass is 400 g/mol. The number of cyclic esters (lactones) is 4. The van der Waals surface area contributed by atoms with E-state index in [0.29, 0.717) is 25.7 Å². The van der Waals surface area contributed by atoms with Crippen molar-refractivity contribution in [2.24, 2.45) is 11.8 Å². The molecule has 0 aliphatic carbocycles. The van der Waals surface area contributed by atoms with Crippen LogP contribution in [0, 0.1) is 11.8 Å². The lowest BCUT2D eigenvalue weighted by Gasteiger charge is -2.29. The van der Waals surface area contributed by atoms with Crippen LogP contribution < -0.4 is 0 Å². The van der Waals surface area contributed by atoms with E-state index in [1.807, 2.05) is 0 Å². The van der Waals surface area contributed by atoms with E-state index in [0.717, 1.165) is 24.9 Å². The summed E-state index contributed by atoms with van der Waals surface area (Å²) in [6.07, 6.45) is 4.43. The Bertz CT molecular complexity index is 526. The maximum Gasteiger partial charge on any atom is 0.337 e. The third-order valence-corrected chi connectivity index (χ3v) is 9.17. The molecule has 0 bridgehead atoms. The first-order valence-corrected chi connectivity index (χ1v) is 11.7. The summed E-state index contributed by atoms with van der Waals surface area (Å²) in [5.41, 5.74) is 0. The van der Waals surface area contributed by atoms with Crippen LogP contribution in [-0.4, -0.2) is 46.7 Å². The Hall–Kier alpha value is -1.58. The standard InChI is InChI=1S/C18H28O8Si/c1-23-27(24-2,11-3-5-13-7-9-15(19)25-17(13)21)12-4-6-14-8-10-16(20)26-18(14)22/h13-14H,3-12H2,1-2H3. The van der Waals surface area contributed by atoms with Gasteiger partial charge in [-0.25, -0.2) is 0 Å². The quantitative estimate of drug-likeness (QED) is 0.312. The first-order chi connectivity index (χ1) is 12.9. The van der Waals surface area contributed by atoms with Gasteiger partial charge in [0.05, 0.1) is 11.8 Å². The Morgan fingerprint density at radius 3 is 1.56 bits per heavy atom. The van der Waals surface area contributed by atoms with Crippen molar-refractivity contribution in [1.82, 2.24) is 0 Å². The highest BCUT2D eigenvalue weighted by atomic mass is 28.4. The molecule has 0 aromatic heterocycles. The van der Waals surface area contributed by atoms with Gasteiger partial charge in [-0.1, -0.05) is 12.8 Å². The van der Waals surface area contributed by atoms with Crippen molar-refractivity contribution in [3.8, 4) is 0 Å². The molecule has 2 saturated heterocycles. The van der Waals surface area contributed by atoms with Crippen molar-refractivity contribution < 1.29 is 37.5 Å². The first kappa shape index (κ1) is 21.7. The van der Waals surface area contributed by atoms with Crippen LogP contribution in [0.25, 0.3) is 0 Å². The molecule has 2 aliphatic heterocycles. The van der Waals surface area contributed by atoms with Crippen LogP contribution >= 0.6 is 0 Å². The van der Waals surface area contributed by atoms with Crippen LogP contribution in [0.3, 0.4) is 0 Å². The van der Waals surface area contributed by atoms with Gasteiger partial charge >= 0.3 is 32.4 Å². The average Bonchev–Trinajstić information content (AvgIpc) is 2.64. The van der Waals surface area contributed by atoms with Gasteiger partial charge in [-0.3, -0.25) is 19.2 Å². The van der Waals surface area contributed by atoms with Crippen LogP contribution in [0.1, 0.15) is 51.4 Å². The predicted molar refractivity (Wildman–Crippen MR) is 95.5 cm³/mol. The van der Waals surface area contributed by atoms with E-state index in [1.54, 1.807) is 14.2 Å². The zero-order valence-electron chi connectivity index (χ0n) is 16.0. The minimum absolute atomic E-state index is 0.238. The topological polar surface area (TPSA) is 105 Å². The minimum atomic E-state index is -2.42. The van der Waals surface area contributed by atoms with E-state index in [9.17, 15) is 19.2 Å². The minimum Gasteiger partial charge on any atom is -0.398 e. The number of esters is 4. The van der Waals surface area contributed by atoms with Crippen LogP contribution in [0.15, 0.2) is 0 Å². The highest BCUT2D eigenvalue weighted by molar-refractivity contribution is 6.67. The lowest BCUT2D eigenvalue weighted by molar-refractivity contribution is -0.169. The Balaban J connectivity index is 1.76. The fourth-order valence-electron chi connectivity index (χ4n) is 3.69. The van der Waals surface area contributed by atoms with Crippen LogP contribution in [0.5, 0.6) is 0 Å². The third kappa shape index (κ3) is 6.22. The van der Waals surface area contributed by atoms with E-state index < -0.39 is 32.4 Å². The molecule has 8 nitrogen and oxygen atoms in total. The summed E-state index contributed by atoms with van der Waals surface area (Å²) in [5, 5.41) is 0. The van der Waals surface area contributed by atoms with Gasteiger partial charge in [0, 0.05) is 27.1 Å². The molecule has 2 fully saturated rings. The molecule has 0 aromatic carbocycles. The fourth-order valence-corrected chi connectivity index (χ4v) is 6.41.